The van der Waals surface area contributed by atoms with Gasteiger partial charge in [0.1, 0.15) is 0 Å². The lowest BCUT2D eigenvalue weighted by Crippen LogP contribution is -2.35. The lowest BCUT2D eigenvalue weighted by Gasteiger charge is -2.36. The summed E-state index contributed by atoms with van der Waals surface area (Å²) in [5.74, 6) is 0. The molecule has 0 aliphatic carbocycles. The van der Waals surface area contributed by atoms with Crippen LogP contribution in [-0.2, 0) is 9.47 Å². The Balaban J connectivity index is 1.72. The molecule has 0 atom stereocenters. The fourth-order valence-electron chi connectivity index (χ4n) is 2.17. The van der Waals surface area contributed by atoms with Gasteiger partial charge in [0, 0.05) is 15.2 Å². The number of aldehydes is 1. The van der Waals surface area contributed by atoms with E-state index in [1.807, 2.05) is 12.1 Å². The average Bonchev–Trinajstić information content (AvgIpc) is 3.16. The maximum atomic E-state index is 10.8. The third-order valence-electron chi connectivity index (χ3n) is 3.86. The molecule has 1 fully saturated rings. The van der Waals surface area contributed by atoms with Gasteiger partial charge in [0.2, 0.25) is 0 Å². The van der Waals surface area contributed by atoms with Crippen LogP contribution in [0.25, 0.3) is 9.75 Å². The van der Waals surface area contributed by atoms with Crippen molar-refractivity contribution in [2.24, 2.45) is 5.41 Å². The van der Waals surface area contributed by atoms with E-state index in [1.165, 1.54) is 11.3 Å². The highest BCUT2D eigenvalue weighted by Gasteiger charge is 2.32. The summed E-state index contributed by atoms with van der Waals surface area (Å²) in [4.78, 5) is 14.9. The molecule has 0 unspecified atom stereocenters. The number of ether oxygens (including phenoxy) is 2. The molecule has 3 heterocycles. The van der Waals surface area contributed by atoms with Gasteiger partial charge in [0.15, 0.2) is 12.6 Å². The normalized spacial score (nSPS) is 25.9. The van der Waals surface area contributed by atoms with Gasteiger partial charge in [-0.15, -0.1) is 22.7 Å². The Labute approximate surface area is 132 Å². The summed E-state index contributed by atoms with van der Waals surface area (Å²) >= 11 is 3.18. The molecule has 0 aromatic carbocycles. The topological polar surface area (TPSA) is 35.5 Å². The lowest BCUT2D eigenvalue weighted by molar-refractivity contribution is -0.229. The largest absolute Gasteiger partial charge is 0.347 e. The minimum atomic E-state index is -0.256. The van der Waals surface area contributed by atoms with Crippen LogP contribution in [-0.4, -0.2) is 19.5 Å². The highest BCUT2D eigenvalue weighted by atomic mass is 32.1. The third-order valence-corrected chi connectivity index (χ3v) is 6.18. The Hall–Kier alpha value is -1.01. The second-order valence-electron chi connectivity index (χ2n) is 5.64. The molecule has 1 aliphatic rings. The molecule has 0 saturated carbocycles. The van der Waals surface area contributed by atoms with Crippen LogP contribution < -0.4 is 0 Å². The van der Waals surface area contributed by atoms with Crippen LogP contribution in [0.2, 0.25) is 0 Å². The number of hydrogen-bond donors (Lipinski definition) is 0. The summed E-state index contributed by atoms with van der Waals surface area (Å²) in [6, 6.07) is 7.97. The summed E-state index contributed by atoms with van der Waals surface area (Å²) in [5, 5.41) is 0. The summed E-state index contributed by atoms with van der Waals surface area (Å²) in [7, 11) is 0. The van der Waals surface area contributed by atoms with Crippen LogP contribution in [0.3, 0.4) is 0 Å². The summed E-state index contributed by atoms with van der Waals surface area (Å²) in [6.45, 7) is 5.82. The van der Waals surface area contributed by atoms with E-state index in [0.717, 1.165) is 45.4 Å². The van der Waals surface area contributed by atoms with E-state index in [4.69, 9.17) is 9.47 Å². The van der Waals surface area contributed by atoms with Crippen molar-refractivity contribution < 1.29 is 14.3 Å². The summed E-state index contributed by atoms with van der Waals surface area (Å²) in [5.41, 5.74) is 0.128. The van der Waals surface area contributed by atoms with Crippen molar-refractivity contribution in [3.8, 4) is 9.75 Å². The van der Waals surface area contributed by atoms with Crippen LogP contribution in [0.4, 0.5) is 0 Å². The highest BCUT2D eigenvalue weighted by Crippen LogP contribution is 2.39. The number of rotatable bonds is 4. The van der Waals surface area contributed by atoms with Gasteiger partial charge in [-0.3, -0.25) is 4.79 Å². The van der Waals surface area contributed by atoms with Crippen LogP contribution in [0.1, 0.15) is 41.1 Å². The van der Waals surface area contributed by atoms with Gasteiger partial charge < -0.3 is 9.47 Å². The quantitative estimate of drug-likeness (QED) is 0.762. The fraction of sp³-hybridized carbons (Fsp3) is 0.438. The van der Waals surface area contributed by atoms with E-state index in [0.29, 0.717) is 0 Å². The van der Waals surface area contributed by atoms with Gasteiger partial charge in [-0.2, -0.15) is 0 Å². The van der Waals surface area contributed by atoms with Crippen molar-refractivity contribution in [1.29, 1.82) is 0 Å². The zero-order valence-corrected chi connectivity index (χ0v) is 13.8. The predicted molar refractivity (Wildman–Crippen MR) is 86.1 cm³/mol. The molecule has 0 amide bonds. The standard InChI is InChI=1S/C16H18O3S2/c1-3-16(2)9-18-15(19-10-16)14-7-6-13(21-14)12-5-4-11(8-17)20-12/h4-8,15H,3,9-10H2,1-2H3. The molecule has 3 rings (SSSR count). The van der Waals surface area contributed by atoms with Crippen molar-refractivity contribution in [2.45, 2.75) is 26.6 Å². The minimum Gasteiger partial charge on any atom is -0.347 e. The van der Waals surface area contributed by atoms with E-state index in [2.05, 4.69) is 26.0 Å². The molecule has 2 aromatic heterocycles. The Bertz CT molecular complexity index is 621. The third kappa shape index (κ3) is 3.11. The zero-order chi connectivity index (χ0) is 14.9. The second kappa shape index (κ2) is 6.01. The molecule has 2 aromatic rings. The molecule has 21 heavy (non-hydrogen) atoms. The average molecular weight is 322 g/mol. The number of hydrogen-bond acceptors (Lipinski definition) is 5. The van der Waals surface area contributed by atoms with E-state index < -0.39 is 0 Å². The van der Waals surface area contributed by atoms with Crippen LogP contribution in [0, 0.1) is 5.41 Å². The highest BCUT2D eigenvalue weighted by molar-refractivity contribution is 7.22. The Kier molecular flexibility index (Phi) is 4.26. The van der Waals surface area contributed by atoms with Crippen molar-refractivity contribution in [3.05, 3.63) is 34.0 Å². The lowest BCUT2D eigenvalue weighted by atomic mass is 9.89. The van der Waals surface area contributed by atoms with Gasteiger partial charge >= 0.3 is 0 Å². The van der Waals surface area contributed by atoms with E-state index in [-0.39, 0.29) is 11.7 Å². The minimum absolute atomic E-state index is 0.128. The van der Waals surface area contributed by atoms with Gasteiger partial charge in [-0.25, -0.2) is 0 Å². The van der Waals surface area contributed by atoms with Crippen molar-refractivity contribution >= 4 is 29.0 Å². The molecule has 0 bridgehead atoms. The summed E-state index contributed by atoms with van der Waals surface area (Å²) in [6.07, 6.45) is 1.69. The van der Waals surface area contributed by atoms with E-state index in [1.54, 1.807) is 11.3 Å². The maximum absolute atomic E-state index is 10.8. The summed E-state index contributed by atoms with van der Waals surface area (Å²) < 4.78 is 11.8. The van der Waals surface area contributed by atoms with Crippen LogP contribution in [0.15, 0.2) is 24.3 Å². The maximum Gasteiger partial charge on any atom is 0.193 e. The molecule has 112 valence electrons. The van der Waals surface area contributed by atoms with Crippen molar-refractivity contribution in [2.75, 3.05) is 13.2 Å². The first-order chi connectivity index (χ1) is 10.1. The van der Waals surface area contributed by atoms with Crippen LogP contribution in [0.5, 0.6) is 0 Å². The molecule has 5 heteroatoms. The Morgan fingerprint density at radius 3 is 2.48 bits per heavy atom. The smallest absolute Gasteiger partial charge is 0.193 e. The molecule has 3 nitrogen and oxygen atoms in total. The fourth-order valence-corrected chi connectivity index (χ4v) is 4.09. The molecular weight excluding hydrogens is 304 g/mol. The van der Waals surface area contributed by atoms with Crippen molar-refractivity contribution in [1.82, 2.24) is 0 Å². The first-order valence-electron chi connectivity index (χ1n) is 7.02. The van der Waals surface area contributed by atoms with Gasteiger partial charge in [0.25, 0.3) is 0 Å². The van der Waals surface area contributed by atoms with E-state index >= 15 is 0 Å². The first kappa shape index (κ1) is 14.9. The predicted octanol–water partition coefficient (Wildman–Crippen LogP) is 4.75. The zero-order valence-electron chi connectivity index (χ0n) is 12.1. The number of thiophene rings is 2. The molecule has 0 radical (unpaired) electrons. The molecule has 0 N–H and O–H groups in total. The SMILES string of the molecule is CCC1(C)COC(c2ccc(-c3ccc(C=O)s3)s2)OC1. The van der Waals surface area contributed by atoms with Gasteiger partial charge in [-0.1, -0.05) is 13.8 Å². The Morgan fingerprint density at radius 1 is 1.19 bits per heavy atom. The molecule has 0 spiro atoms. The van der Waals surface area contributed by atoms with Gasteiger partial charge in [-0.05, 0) is 30.7 Å². The van der Waals surface area contributed by atoms with Crippen LogP contribution >= 0.6 is 22.7 Å². The number of carbonyl (C=O) groups excluding carboxylic acids is 1. The first-order valence-corrected chi connectivity index (χ1v) is 8.65. The number of carbonyl (C=O) groups is 1. The van der Waals surface area contributed by atoms with E-state index in [9.17, 15) is 4.79 Å². The second-order valence-corrected chi connectivity index (χ2v) is 7.87. The molecule has 1 saturated heterocycles. The molecule has 1 aliphatic heterocycles. The monoisotopic (exact) mass is 322 g/mol. The van der Waals surface area contributed by atoms with Crippen molar-refractivity contribution in [3.63, 3.8) is 0 Å². The van der Waals surface area contributed by atoms with Gasteiger partial charge in [0.05, 0.1) is 23.0 Å². The Morgan fingerprint density at radius 2 is 1.86 bits per heavy atom. The molecular formula is C16H18O3S2.